The number of β-amino-alcohol motifs (C(OH)–C–C–N with tert-alkyl or cyclic N) is 1. The lowest BCUT2D eigenvalue weighted by Gasteiger charge is -2.38. The van der Waals surface area contributed by atoms with Gasteiger partial charge in [0.15, 0.2) is 5.84 Å². The molecule has 1 amide bonds. The van der Waals surface area contributed by atoms with Crippen LogP contribution in [-0.2, 0) is 4.79 Å². The van der Waals surface area contributed by atoms with Crippen molar-refractivity contribution in [3.8, 4) is 0 Å². The van der Waals surface area contributed by atoms with Crippen LogP contribution in [0.25, 0.3) is 0 Å². The Bertz CT molecular complexity index is 376. The molecule has 0 aromatic rings. The van der Waals surface area contributed by atoms with Gasteiger partial charge < -0.3 is 20.9 Å². The summed E-state index contributed by atoms with van der Waals surface area (Å²) in [5.41, 5.74) is 5.01. The number of amides is 1. The Morgan fingerprint density at radius 2 is 1.85 bits per heavy atom. The maximum absolute atomic E-state index is 12.9. The first kappa shape index (κ1) is 15.1. The van der Waals surface area contributed by atoms with E-state index in [-0.39, 0.29) is 11.7 Å². The number of hydrogen-bond acceptors (Lipinski definition) is 4. The number of likely N-dealkylation sites (tertiary alicyclic amines) is 1. The highest BCUT2D eigenvalue weighted by molar-refractivity contribution is 6.06. The number of amidine groups is 1. The van der Waals surface area contributed by atoms with Gasteiger partial charge in [-0.1, -0.05) is 30.8 Å². The third kappa shape index (κ3) is 2.90. The SMILES string of the molecule is NC(=NO)C1(C(=O)N2CCCC(O)C2)CCCCCC1. The van der Waals surface area contributed by atoms with Crippen molar-refractivity contribution in [3.63, 3.8) is 0 Å². The Morgan fingerprint density at radius 3 is 2.40 bits per heavy atom. The molecule has 2 rings (SSSR count). The highest BCUT2D eigenvalue weighted by Gasteiger charge is 2.45. The largest absolute Gasteiger partial charge is 0.409 e. The third-order valence-electron chi connectivity index (χ3n) is 4.65. The van der Waals surface area contributed by atoms with Crippen LogP contribution in [-0.4, -0.2) is 46.1 Å². The number of oxime groups is 1. The maximum atomic E-state index is 12.9. The lowest BCUT2D eigenvalue weighted by atomic mass is 9.77. The normalized spacial score (nSPS) is 27.9. The molecule has 0 aromatic carbocycles. The van der Waals surface area contributed by atoms with Crippen molar-refractivity contribution in [1.82, 2.24) is 4.90 Å². The minimum atomic E-state index is -0.873. The number of carbonyl (C=O) groups excluding carboxylic acids is 1. The van der Waals surface area contributed by atoms with Crippen molar-refractivity contribution in [3.05, 3.63) is 0 Å². The first-order valence-corrected chi connectivity index (χ1v) is 7.55. The quantitative estimate of drug-likeness (QED) is 0.232. The van der Waals surface area contributed by atoms with E-state index < -0.39 is 11.5 Å². The van der Waals surface area contributed by atoms with Gasteiger partial charge in [-0.3, -0.25) is 4.79 Å². The van der Waals surface area contributed by atoms with Crippen molar-refractivity contribution >= 4 is 11.7 Å². The van der Waals surface area contributed by atoms with Crippen LogP contribution in [0.2, 0.25) is 0 Å². The van der Waals surface area contributed by atoms with Crippen LogP contribution in [0, 0.1) is 5.41 Å². The van der Waals surface area contributed by atoms with E-state index in [9.17, 15) is 9.90 Å². The highest BCUT2D eigenvalue weighted by Crippen LogP contribution is 2.37. The molecule has 2 aliphatic rings. The van der Waals surface area contributed by atoms with Crippen LogP contribution in [0.3, 0.4) is 0 Å². The standard InChI is InChI=1S/C14H25N3O3/c15-12(16-20)14(7-3-1-2-4-8-14)13(19)17-9-5-6-11(18)10-17/h11,18,20H,1-10H2,(H2,15,16). The van der Waals surface area contributed by atoms with Gasteiger partial charge in [-0.05, 0) is 25.7 Å². The third-order valence-corrected chi connectivity index (χ3v) is 4.65. The Balaban J connectivity index is 2.23. The smallest absolute Gasteiger partial charge is 0.236 e. The second-order valence-corrected chi connectivity index (χ2v) is 6.03. The molecule has 1 saturated heterocycles. The maximum Gasteiger partial charge on any atom is 0.236 e. The number of hydrogen-bond donors (Lipinski definition) is 3. The minimum Gasteiger partial charge on any atom is -0.409 e. The summed E-state index contributed by atoms with van der Waals surface area (Å²) in [4.78, 5) is 14.6. The first-order chi connectivity index (χ1) is 9.60. The number of nitrogens with two attached hydrogens (primary N) is 1. The van der Waals surface area contributed by atoms with Gasteiger partial charge in [0.1, 0.15) is 5.41 Å². The number of rotatable bonds is 2. The highest BCUT2D eigenvalue weighted by atomic mass is 16.4. The van der Waals surface area contributed by atoms with Gasteiger partial charge in [-0.2, -0.15) is 0 Å². The zero-order valence-electron chi connectivity index (χ0n) is 11.9. The lowest BCUT2D eigenvalue weighted by Crippen LogP contribution is -2.54. The van der Waals surface area contributed by atoms with Crippen LogP contribution >= 0.6 is 0 Å². The number of piperidine rings is 1. The number of carbonyl (C=O) groups is 1. The van der Waals surface area contributed by atoms with Crippen LogP contribution in [0.1, 0.15) is 51.4 Å². The van der Waals surface area contributed by atoms with Crippen LogP contribution < -0.4 is 5.73 Å². The molecule has 0 aromatic heterocycles. The summed E-state index contributed by atoms with van der Waals surface area (Å²) in [5.74, 6) is -0.0436. The number of aliphatic hydroxyl groups is 1. The molecule has 1 atom stereocenters. The number of aliphatic hydroxyl groups excluding tert-OH is 1. The molecule has 1 saturated carbocycles. The molecular weight excluding hydrogens is 258 g/mol. The molecule has 20 heavy (non-hydrogen) atoms. The molecule has 1 aliphatic heterocycles. The molecule has 6 nitrogen and oxygen atoms in total. The van der Waals surface area contributed by atoms with E-state index in [1.165, 1.54) is 0 Å². The average molecular weight is 283 g/mol. The fraction of sp³-hybridized carbons (Fsp3) is 0.857. The topological polar surface area (TPSA) is 99.2 Å². The van der Waals surface area contributed by atoms with Gasteiger partial charge in [0.05, 0.1) is 6.10 Å². The van der Waals surface area contributed by atoms with Crippen molar-refractivity contribution < 1.29 is 15.1 Å². The zero-order valence-corrected chi connectivity index (χ0v) is 11.9. The van der Waals surface area contributed by atoms with Gasteiger partial charge in [0.25, 0.3) is 0 Å². The molecule has 114 valence electrons. The van der Waals surface area contributed by atoms with Crippen LogP contribution in [0.5, 0.6) is 0 Å². The summed E-state index contributed by atoms with van der Waals surface area (Å²) in [6, 6.07) is 0. The Hall–Kier alpha value is -1.30. The Morgan fingerprint density at radius 1 is 1.20 bits per heavy atom. The fourth-order valence-electron chi connectivity index (χ4n) is 3.45. The van der Waals surface area contributed by atoms with Gasteiger partial charge in [-0.15, -0.1) is 0 Å². The van der Waals surface area contributed by atoms with E-state index in [1.54, 1.807) is 4.90 Å². The molecule has 1 aliphatic carbocycles. The minimum absolute atomic E-state index is 0.0319. The average Bonchev–Trinajstić information content (AvgIpc) is 2.72. The number of nitrogens with zero attached hydrogens (tertiary/aromatic N) is 2. The van der Waals surface area contributed by atoms with Crippen LogP contribution in [0.4, 0.5) is 0 Å². The molecule has 4 N–H and O–H groups in total. The molecule has 6 heteroatoms. The van der Waals surface area contributed by atoms with Crippen molar-refractivity contribution in [1.29, 1.82) is 0 Å². The second-order valence-electron chi connectivity index (χ2n) is 6.03. The van der Waals surface area contributed by atoms with Crippen molar-refractivity contribution in [2.75, 3.05) is 13.1 Å². The van der Waals surface area contributed by atoms with E-state index in [2.05, 4.69) is 5.16 Å². The zero-order chi connectivity index (χ0) is 14.6. The second kappa shape index (κ2) is 6.43. The van der Waals surface area contributed by atoms with E-state index >= 15 is 0 Å². The van der Waals surface area contributed by atoms with Crippen molar-refractivity contribution in [2.45, 2.75) is 57.5 Å². The molecule has 1 unspecified atom stereocenters. The summed E-state index contributed by atoms with van der Waals surface area (Å²) in [6.07, 6.45) is 6.34. The van der Waals surface area contributed by atoms with E-state index in [0.717, 1.165) is 38.5 Å². The summed E-state index contributed by atoms with van der Waals surface area (Å²) in [7, 11) is 0. The van der Waals surface area contributed by atoms with Gasteiger partial charge >= 0.3 is 0 Å². The van der Waals surface area contributed by atoms with E-state index in [4.69, 9.17) is 10.9 Å². The van der Waals surface area contributed by atoms with Gasteiger partial charge in [0, 0.05) is 13.1 Å². The summed E-state index contributed by atoms with van der Waals surface area (Å²) in [6.45, 7) is 1.01. The summed E-state index contributed by atoms with van der Waals surface area (Å²) < 4.78 is 0. The summed E-state index contributed by atoms with van der Waals surface area (Å²) in [5, 5.41) is 22.0. The molecule has 1 heterocycles. The first-order valence-electron chi connectivity index (χ1n) is 7.55. The Kier molecular flexibility index (Phi) is 4.86. The fourth-order valence-corrected chi connectivity index (χ4v) is 3.45. The predicted molar refractivity (Wildman–Crippen MR) is 75.4 cm³/mol. The molecule has 2 fully saturated rings. The molecule has 0 radical (unpaired) electrons. The summed E-state index contributed by atoms with van der Waals surface area (Å²) >= 11 is 0. The predicted octanol–water partition coefficient (Wildman–Crippen LogP) is 1.06. The Labute approximate surface area is 119 Å². The lowest BCUT2D eigenvalue weighted by molar-refractivity contribution is -0.142. The van der Waals surface area contributed by atoms with Crippen molar-refractivity contribution in [2.24, 2.45) is 16.3 Å². The molecule has 0 bridgehead atoms. The van der Waals surface area contributed by atoms with E-state index in [0.29, 0.717) is 25.9 Å². The molecular formula is C14H25N3O3. The van der Waals surface area contributed by atoms with Gasteiger partial charge in [0.2, 0.25) is 5.91 Å². The van der Waals surface area contributed by atoms with E-state index in [1.807, 2.05) is 0 Å². The monoisotopic (exact) mass is 283 g/mol. The van der Waals surface area contributed by atoms with Crippen LogP contribution in [0.15, 0.2) is 5.16 Å². The molecule has 0 spiro atoms. The van der Waals surface area contributed by atoms with Gasteiger partial charge in [-0.25, -0.2) is 0 Å².